The fourth-order valence-corrected chi connectivity index (χ4v) is 5.10. The third-order valence-corrected chi connectivity index (χ3v) is 8.18. The summed E-state index contributed by atoms with van der Waals surface area (Å²) in [5.41, 5.74) is 3.62. The van der Waals surface area contributed by atoms with E-state index in [0.717, 1.165) is 49.7 Å². The molecule has 0 heterocycles. The molecule has 14 heteroatoms. The van der Waals surface area contributed by atoms with Crippen LogP contribution in [-0.4, -0.2) is 75.0 Å². The van der Waals surface area contributed by atoms with E-state index in [1.54, 1.807) is 48.5 Å². The molecular weight excluding hydrogens is 760 g/mol. The second-order valence-corrected chi connectivity index (χ2v) is 13.1. The number of hydrogen-bond donors (Lipinski definition) is 3. The highest BCUT2D eigenvalue weighted by atomic mass is 16.6. The minimum Gasteiger partial charge on any atom is -0.482 e. The molecule has 4 rings (SSSR count). The maximum atomic E-state index is 12.1. The minimum atomic E-state index is -1.03. The van der Waals surface area contributed by atoms with Gasteiger partial charge in [0.25, 0.3) is 0 Å². The molecule has 0 unspecified atom stereocenters. The van der Waals surface area contributed by atoms with E-state index >= 15 is 0 Å². The van der Waals surface area contributed by atoms with E-state index in [4.69, 9.17) is 24.1 Å². The molecule has 316 valence electrons. The number of rotatable bonds is 26. The first kappa shape index (κ1) is 47.1. The molecule has 0 saturated carbocycles. The summed E-state index contributed by atoms with van der Waals surface area (Å²) in [6.07, 6.45) is 6.17. The number of carbonyl (C=O) groups excluding carboxylic acids is 4. The first-order chi connectivity index (χ1) is 28.7. The molecule has 0 bridgehead atoms. The highest BCUT2D eigenvalue weighted by Crippen LogP contribution is 2.18. The Morgan fingerprint density at radius 3 is 1.37 bits per heavy atom. The van der Waals surface area contributed by atoms with Crippen molar-refractivity contribution in [3.63, 3.8) is 0 Å². The summed E-state index contributed by atoms with van der Waals surface area (Å²) in [4.78, 5) is 56.8. The number of amides is 2. The van der Waals surface area contributed by atoms with Gasteiger partial charge in [-0.25, -0.2) is 14.4 Å². The number of anilines is 2. The van der Waals surface area contributed by atoms with Crippen molar-refractivity contribution in [2.75, 3.05) is 50.8 Å². The van der Waals surface area contributed by atoms with Crippen molar-refractivity contribution >= 4 is 41.1 Å². The summed E-state index contributed by atoms with van der Waals surface area (Å²) in [6, 6.07) is 33.3. The summed E-state index contributed by atoms with van der Waals surface area (Å²) < 4.78 is 30.6. The van der Waals surface area contributed by atoms with Gasteiger partial charge in [0.1, 0.15) is 11.5 Å². The van der Waals surface area contributed by atoms with E-state index in [1.807, 2.05) is 60.7 Å². The molecule has 3 N–H and O–H groups in total. The maximum Gasteiger partial charge on any atom is 0.344 e. The van der Waals surface area contributed by atoms with Crippen LogP contribution in [0.4, 0.5) is 11.4 Å². The van der Waals surface area contributed by atoms with Crippen LogP contribution in [0, 0.1) is 0 Å². The number of carbonyl (C=O) groups is 5. The maximum absolute atomic E-state index is 12.1. The quantitative estimate of drug-likeness (QED) is 0.0423. The molecule has 0 saturated heterocycles. The first-order valence-electron chi connectivity index (χ1n) is 19.4. The monoisotopic (exact) mass is 814 g/mol. The number of nitrogens with one attached hydrogen (secondary N) is 2. The van der Waals surface area contributed by atoms with Crippen molar-refractivity contribution in [3.05, 3.63) is 120 Å². The lowest BCUT2D eigenvalue weighted by Gasteiger charge is -2.08. The van der Waals surface area contributed by atoms with Crippen LogP contribution >= 0.6 is 0 Å². The van der Waals surface area contributed by atoms with Gasteiger partial charge in [0.05, 0.1) is 20.3 Å². The lowest BCUT2D eigenvalue weighted by atomic mass is 10.2. The number of carboxylic acid groups (broad SMARTS) is 1. The van der Waals surface area contributed by atoms with E-state index in [0.29, 0.717) is 62.1 Å². The SMILES string of the molecule is COC(=O)COC(=O)COc1ccc(NC(=O)CCCCCOCc2ccccc2)cc1.O=C(O)COc1ccc(NC(=O)CCCCCOCc2ccccc2)cc1. The van der Waals surface area contributed by atoms with Crippen LogP contribution in [0.25, 0.3) is 0 Å². The van der Waals surface area contributed by atoms with Crippen molar-refractivity contribution in [2.24, 2.45) is 0 Å². The summed E-state index contributed by atoms with van der Waals surface area (Å²) in [6.45, 7) is 1.41. The van der Waals surface area contributed by atoms with Gasteiger partial charge < -0.3 is 44.2 Å². The highest BCUT2D eigenvalue weighted by molar-refractivity contribution is 5.91. The molecule has 0 aliphatic carbocycles. The van der Waals surface area contributed by atoms with Crippen LogP contribution < -0.4 is 20.1 Å². The van der Waals surface area contributed by atoms with E-state index in [2.05, 4.69) is 20.1 Å². The topological polar surface area (TPSA) is 185 Å². The van der Waals surface area contributed by atoms with E-state index in [-0.39, 0.29) is 25.0 Å². The van der Waals surface area contributed by atoms with Crippen LogP contribution in [0.1, 0.15) is 62.5 Å². The van der Waals surface area contributed by atoms with Crippen molar-refractivity contribution < 1.29 is 57.5 Å². The Balaban J connectivity index is 0.000000320. The average Bonchev–Trinajstić information content (AvgIpc) is 3.25. The summed E-state index contributed by atoms with van der Waals surface area (Å²) >= 11 is 0. The molecule has 2 amide bonds. The number of carboxylic acids is 1. The molecule has 0 fully saturated rings. The molecular formula is C45H54N2O12. The van der Waals surface area contributed by atoms with E-state index < -0.39 is 24.5 Å². The van der Waals surface area contributed by atoms with Gasteiger partial charge in [-0.3, -0.25) is 9.59 Å². The Morgan fingerprint density at radius 2 is 0.949 bits per heavy atom. The zero-order valence-electron chi connectivity index (χ0n) is 33.4. The van der Waals surface area contributed by atoms with Crippen LogP contribution in [-0.2, 0) is 56.1 Å². The minimum absolute atomic E-state index is 0.0422. The van der Waals surface area contributed by atoms with Crippen molar-refractivity contribution in [3.8, 4) is 11.5 Å². The molecule has 0 atom stereocenters. The van der Waals surface area contributed by atoms with Gasteiger partial charge in [-0.2, -0.15) is 0 Å². The van der Waals surface area contributed by atoms with Crippen molar-refractivity contribution in [1.82, 2.24) is 0 Å². The van der Waals surface area contributed by atoms with Crippen LogP contribution in [0.15, 0.2) is 109 Å². The zero-order valence-corrected chi connectivity index (χ0v) is 33.4. The molecule has 14 nitrogen and oxygen atoms in total. The van der Waals surface area contributed by atoms with Crippen LogP contribution in [0.5, 0.6) is 11.5 Å². The van der Waals surface area contributed by atoms with Crippen molar-refractivity contribution in [2.45, 2.75) is 64.6 Å². The normalized spacial score (nSPS) is 10.3. The standard InChI is InChI=1S/C24H29NO7.C21H25NO5/c1-29-23(27)17-32-24(28)18-31-21-13-11-20(12-14-21)25-22(26)10-6-3-7-15-30-16-19-8-4-2-5-9-19;23-20(22-18-10-12-19(13-11-18)27-16-21(24)25)9-5-2-6-14-26-15-17-7-3-1-4-8-17/h2,4-5,8-9,11-14H,3,6-7,10,15-18H2,1H3,(H,25,26);1,3-4,7-8,10-13H,2,5-6,9,14-16H2,(H,22,23)(H,24,25). The van der Waals surface area contributed by atoms with Crippen molar-refractivity contribution in [1.29, 1.82) is 0 Å². The third kappa shape index (κ3) is 22.9. The van der Waals surface area contributed by atoms with Gasteiger partial charge in [0, 0.05) is 37.4 Å². The summed E-state index contributed by atoms with van der Waals surface area (Å²) in [7, 11) is 1.20. The predicted molar refractivity (Wildman–Crippen MR) is 221 cm³/mol. The Labute approximate surface area is 345 Å². The average molecular weight is 815 g/mol. The van der Waals surface area contributed by atoms with Crippen LogP contribution in [0.2, 0.25) is 0 Å². The molecule has 0 radical (unpaired) electrons. The molecule has 0 aromatic heterocycles. The smallest absolute Gasteiger partial charge is 0.344 e. The Morgan fingerprint density at radius 1 is 0.508 bits per heavy atom. The number of esters is 2. The Kier molecular flexibility index (Phi) is 23.2. The number of hydrogen-bond acceptors (Lipinski definition) is 11. The van der Waals surface area contributed by atoms with Gasteiger partial charge >= 0.3 is 17.9 Å². The fourth-order valence-electron chi connectivity index (χ4n) is 5.10. The molecule has 0 spiro atoms. The van der Waals surface area contributed by atoms with E-state index in [1.165, 1.54) is 7.11 Å². The van der Waals surface area contributed by atoms with Gasteiger partial charge in [-0.05, 0) is 85.3 Å². The number of benzene rings is 4. The van der Waals surface area contributed by atoms with Gasteiger partial charge in [0.15, 0.2) is 19.8 Å². The molecule has 59 heavy (non-hydrogen) atoms. The highest BCUT2D eigenvalue weighted by Gasteiger charge is 2.09. The van der Waals surface area contributed by atoms with Gasteiger partial charge in [-0.1, -0.05) is 73.5 Å². The first-order valence-corrected chi connectivity index (χ1v) is 19.4. The summed E-state index contributed by atoms with van der Waals surface area (Å²) in [5, 5.41) is 14.2. The number of methoxy groups -OCH3 is 1. The molecule has 4 aromatic rings. The molecule has 4 aromatic carbocycles. The molecule has 0 aliphatic rings. The Bertz CT molecular complexity index is 1800. The number of unbranched alkanes of at least 4 members (excludes halogenated alkanes) is 4. The second kappa shape index (κ2) is 29.0. The van der Waals surface area contributed by atoms with Gasteiger partial charge in [0.2, 0.25) is 11.8 Å². The third-order valence-electron chi connectivity index (χ3n) is 8.18. The van der Waals surface area contributed by atoms with E-state index in [9.17, 15) is 24.0 Å². The Hall–Kier alpha value is -6.25. The largest absolute Gasteiger partial charge is 0.482 e. The zero-order chi connectivity index (χ0) is 42.3. The number of ether oxygens (including phenoxy) is 6. The predicted octanol–water partition coefficient (Wildman–Crippen LogP) is 7.36. The number of aliphatic carboxylic acids is 1. The second-order valence-electron chi connectivity index (χ2n) is 13.1. The lowest BCUT2D eigenvalue weighted by molar-refractivity contribution is -0.158. The van der Waals surface area contributed by atoms with Crippen LogP contribution in [0.3, 0.4) is 0 Å². The molecule has 0 aliphatic heterocycles. The fraction of sp³-hybridized carbons (Fsp3) is 0.356. The van der Waals surface area contributed by atoms with Gasteiger partial charge in [-0.15, -0.1) is 0 Å². The lowest BCUT2D eigenvalue weighted by Crippen LogP contribution is -2.20. The summed E-state index contributed by atoms with van der Waals surface area (Å²) in [5.74, 6) is -1.57.